The van der Waals surface area contributed by atoms with E-state index >= 15 is 0 Å². The third-order valence-electron chi connectivity index (χ3n) is 5.87. The summed E-state index contributed by atoms with van der Waals surface area (Å²) in [4.78, 5) is 29.3. The van der Waals surface area contributed by atoms with Crippen LogP contribution in [0.3, 0.4) is 0 Å². The van der Waals surface area contributed by atoms with Crippen LogP contribution in [0.5, 0.6) is 5.75 Å². The third-order valence-corrected chi connectivity index (χ3v) is 5.87. The van der Waals surface area contributed by atoms with Crippen molar-refractivity contribution in [2.45, 2.75) is 50.6 Å². The summed E-state index contributed by atoms with van der Waals surface area (Å²) in [6.07, 6.45) is 5.25. The van der Waals surface area contributed by atoms with Gasteiger partial charge in [0.1, 0.15) is 5.75 Å². The van der Waals surface area contributed by atoms with Crippen molar-refractivity contribution < 1.29 is 14.3 Å². The Balaban J connectivity index is 1.42. The first-order valence-corrected chi connectivity index (χ1v) is 9.37. The highest BCUT2D eigenvalue weighted by Crippen LogP contribution is 2.36. The van der Waals surface area contributed by atoms with Gasteiger partial charge in [-0.15, -0.1) is 0 Å². The van der Waals surface area contributed by atoms with Gasteiger partial charge in [0.2, 0.25) is 11.8 Å². The molecular formula is C20H26N2O3. The lowest BCUT2D eigenvalue weighted by atomic mass is 9.95. The summed E-state index contributed by atoms with van der Waals surface area (Å²) in [6.45, 7) is 1.68. The van der Waals surface area contributed by atoms with E-state index < -0.39 is 0 Å². The molecule has 2 heterocycles. The molecule has 2 saturated heterocycles. The van der Waals surface area contributed by atoms with Crippen molar-refractivity contribution in [1.82, 2.24) is 9.80 Å². The van der Waals surface area contributed by atoms with Crippen molar-refractivity contribution in [2.24, 2.45) is 5.92 Å². The van der Waals surface area contributed by atoms with Gasteiger partial charge < -0.3 is 14.5 Å². The Morgan fingerprint density at radius 3 is 2.56 bits per heavy atom. The molecule has 1 aliphatic carbocycles. The van der Waals surface area contributed by atoms with Crippen LogP contribution in [-0.4, -0.2) is 53.9 Å². The molecule has 2 atom stereocenters. The fraction of sp³-hybridized carbons (Fsp3) is 0.600. The van der Waals surface area contributed by atoms with E-state index in [1.165, 1.54) is 12.8 Å². The molecule has 0 bridgehead atoms. The maximum absolute atomic E-state index is 12.8. The van der Waals surface area contributed by atoms with Crippen LogP contribution in [0.15, 0.2) is 24.3 Å². The zero-order valence-electron chi connectivity index (χ0n) is 14.8. The molecule has 0 radical (unpaired) electrons. The molecule has 1 aromatic carbocycles. The summed E-state index contributed by atoms with van der Waals surface area (Å²) in [5.74, 6) is 1.97. The van der Waals surface area contributed by atoms with Gasteiger partial charge in [0.05, 0.1) is 25.6 Å². The van der Waals surface area contributed by atoms with Crippen LogP contribution >= 0.6 is 0 Å². The van der Waals surface area contributed by atoms with E-state index in [1.54, 1.807) is 7.11 Å². The topological polar surface area (TPSA) is 49.9 Å². The van der Waals surface area contributed by atoms with Crippen LogP contribution in [0.1, 0.15) is 37.7 Å². The molecule has 1 saturated carbocycles. The Hall–Kier alpha value is -2.04. The van der Waals surface area contributed by atoms with E-state index in [2.05, 4.69) is 4.90 Å². The molecule has 3 aliphatic rings. The van der Waals surface area contributed by atoms with Crippen LogP contribution in [0.4, 0.5) is 0 Å². The quantitative estimate of drug-likeness (QED) is 0.825. The van der Waals surface area contributed by atoms with Crippen molar-refractivity contribution in [2.75, 3.05) is 20.2 Å². The fourth-order valence-corrected chi connectivity index (χ4v) is 4.29. The average molecular weight is 342 g/mol. The smallest absolute Gasteiger partial charge is 0.227 e. The molecular weight excluding hydrogens is 316 g/mol. The zero-order valence-corrected chi connectivity index (χ0v) is 14.8. The maximum Gasteiger partial charge on any atom is 0.227 e. The Bertz CT molecular complexity index is 653. The molecule has 1 aromatic rings. The summed E-state index contributed by atoms with van der Waals surface area (Å²) in [5.41, 5.74) is 1.01. The van der Waals surface area contributed by atoms with Gasteiger partial charge in [-0.1, -0.05) is 12.1 Å². The van der Waals surface area contributed by atoms with Crippen LogP contribution in [0, 0.1) is 5.92 Å². The minimum atomic E-state index is 0.179. The number of fused-ring (bicyclic) bond motifs is 1. The number of piperidine rings is 1. The first-order chi connectivity index (χ1) is 12.2. The van der Waals surface area contributed by atoms with Crippen LogP contribution in [-0.2, 0) is 16.0 Å². The first kappa shape index (κ1) is 16.4. The summed E-state index contributed by atoms with van der Waals surface area (Å²) in [6, 6.07) is 8.14. The van der Waals surface area contributed by atoms with Gasteiger partial charge in [0.25, 0.3) is 0 Å². The Labute approximate surface area is 148 Å². The molecule has 3 fully saturated rings. The van der Waals surface area contributed by atoms with Gasteiger partial charge in [-0.25, -0.2) is 0 Å². The van der Waals surface area contributed by atoms with E-state index in [1.807, 2.05) is 29.2 Å². The predicted octanol–water partition coefficient (Wildman–Crippen LogP) is 2.24. The van der Waals surface area contributed by atoms with Crippen molar-refractivity contribution in [3.05, 3.63) is 29.8 Å². The van der Waals surface area contributed by atoms with E-state index in [4.69, 9.17) is 4.74 Å². The highest BCUT2D eigenvalue weighted by atomic mass is 16.5. The van der Waals surface area contributed by atoms with Crippen molar-refractivity contribution >= 4 is 11.8 Å². The summed E-state index contributed by atoms with van der Waals surface area (Å²) >= 11 is 0. The number of carbonyl (C=O) groups is 2. The second-order valence-electron chi connectivity index (χ2n) is 7.56. The number of methoxy groups -OCH3 is 1. The van der Waals surface area contributed by atoms with Gasteiger partial charge in [0, 0.05) is 19.5 Å². The minimum absolute atomic E-state index is 0.179. The fourth-order valence-electron chi connectivity index (χ4n) is 4.29. The first-order valence-electron chi connectivity index (χ1n) is 9.37. The highest BCUT2D eigenvalue weighted by Gasteiger charge is 2.45. The molecule has 2 aliphatic heterocycles. The van der Waals surface area contributed by atoms with Crippen LogP contribution < -0.4 is 4.74 Å². The molecule has 0 N–H and O–H groups in total. The second-order valence-corrected chi connectivity index (χ2v) is 7.56. The molecule has 4 rings (SSSR count). The number of amides is 2. The lowest BCUT2D eigenvalue weighted by Crippen LogP contribution is -2.53. The largest absolute Gasteiger partial charge is 0.497 e. The monoisotopic (exact) mass is 342 g/mol. The number of rotatable bonds is 5. The standard InChI is InChI=1S/C20H26N2O3/c1-25-16-6-4-14(5-7-16)12-20(24)21-11-10-18-17(21)8-9-19(23)22(18)13-15-2-3-15/h4-7,15,17-18H,2-3,8-13H2,1H3/t17-,18-/m0/s1. The Kier molecular flexibility index (Phi) is 4.40. The predicted molar refractivity (Wildman–Crippen MR) is 94.3 cm³/mol. The van der Waals surface area contributed by atoms with E-state index in [0.29, 0.717) is 18.8 Å². The third kappa shape index (κ3) is 3.37. The Morgan fingerprint density at radius 1 is 1.12 bits per heavy atom. The SMILES string of the molecule is COc1ccc(CC(=O)N2CC[C@H]3[C@@H]2CCC(=O)N3CC2CC2)cc1. The van der Waals surface area contributed by atoms with Gasteiger partial charge in [-0.05, 0) is 49.3 Å². The number of likely N-dealkylation sites (tertiary alicyclic amines) is 2. The number of hydrogen-bond acceptors (Lipinski definition) is 3. The van der Waals surface area contributed by atoms with Gasteiger partial charge in [0.15, 0.2) is 0 Å². The van der Waals surface area contributed by atoms with Gasteiger partial charge in [-0.3, -0.25) is 9.59 Å². The molecule has 0 spiro atoms. The second kappa shape index (κ2) is 6.70. The normalized spacial score (nSPS) is 25.9. The number of benzene rings is 1. The van der Waals surface area contributed by atoms with Gasteiger partial charge in [-0.2, -0.15) is 0 Å². The lowest BCUT2D eigenvalue weighted by Gasteiger charge is -2.40. The molecule has 134 valence electrons. The molecule has 0 unspecified atom stereocenters. The van der Waals surface area contributed by atoms with E-state index in [-0.39, 0.29) is 23.9 Å². The number of carbonyl (C=O) groups excluding carboxylic acids is 2. The van der Waals surface area contributed by atoms with Crippen LogP contribution in [0.25, 0.3) is 0 Å². The average Bonchev–Trinajstić information content (AvgIpc) is 3.34. The molecule has 5 nitrogen and oxygen atoms in total. The molecule has 2 amide bonds. The summed E-state index contributed by atoms with van der Waals surface area (Å²) < 4.78 is 5.17. The van der Waals surface area contributed by atoms with Crippen molar-refractivity contribution in [3.8, 4) is 5.75 Å². The Morgan fingerprint density at radius 2 is 1.88 bits per heavy atom. The number of nitrogens with zero attached hydrogens (tertiary/aromatic N) is 2. The molecule has 5 heteroatoms. The van der Waals surface area contributed by atoms with E-state index in [9.17, 15) is 9.59 Å². The van der Waals surface area contributed by atoms with Crippen molar-refractivity contribution in [3.63, 3.8) is 0 Å². The van der Waals surface area contributed by atoms with Crippen LogP contribution in [0.2, 0.25) is 0 Å². The van der Waals surface area contributed by atoms with E-state index in [0.717, 1.165) is 37.2 Å². The van der Waals surface area contributed by atoms with Gasteiger partial charge >= 0.3 is 0 Å². The number of hydrogen-bond donors (Lipinski definition) is 0. The summed E-state index contributed by atoms with van der Waals surface area (Å²) in [7, 11) is 1.64. The maximum atomic E-state index is 12.8. The zero-order chi connectivity index (χ0) is 17.4. The molecule has 25 heavy (non-hydrogen) atoms. The number of ether oxygens (including phenoxy) is 1. The highest BCUT2D eigenvalue weighted by molar-refractivity contribution is 5.81. The van der Waals surface area contributed by atoms with Crippen molar-refractivity contribution in [1.29, 1.82) is 0 Å². The minimum Gasteiger partial charge on any atom is -0.497 e. The molecule has 0 aromatic heterocycles. The lowest BCUT2D eigenvalue weighted by molar-refractivity contribution is -0.141. The summed E-state index contributed by atoms with van der Waals surface area (Å²) in [5, 5.41) is 0.